The molecule has 7 nitrogen and oxygen atoms in total. The van der Waals surface area contributed by atoms with Gasteiger partial charge in [0.15, 0.2) is 0 Å². The summed E-state index contributed by atoms with van der Waals surface area (Å²) in [5.41, 5.74) is 5.20. The van der Waals surface area contributed by atoms with Crippen LogP contribution in [-0.4, -0.2) is 51.2 Å². The minimum absolute atomic E-state index is 0.0252. The summed E-state index contributed by atoms with van der Waals surface area (Å²) in [5.74, 6) is 0.345. The molecular formula is C23H28N4O3S. The summed E-state index contributed by atoms with van der Waals surface area (Å²) in [6.45, 7) is 9.00. The number of sulfonamides is 1. The number of benzene rings is 2. The van der Waals surface area contributed by atoms with Crippen LogP contribution in [0.15, 0.2) is 45.7 Å². The van der Waals surface area contributed by atoms with Crippen LogP contribution in [0.3, 0.4) is 0 Å². The number of fused-ring (bicyclic) bond motifs is 1. The number of hydrogen-bond donors (Lipinski definition) is 1. The second-order valence-corrected chi connectivity index (χ2v) is 9.87. The highest BCUT2D eigenvalue weighted by Crippen LogP contribution is 2.29. The van der Waals surface area contributed by atoms with Crippen LogP contribution in [0.4, 0.5) is 11.4 Å². The summed E-state index contributed by atoms with van der Waals surface area (Å²) in [4.78, 5) is 17.1. The molecule has 0 unspecified atom stereocenters. The summed E-state index contributed by atoms with van der Waals surface area (Å²) in [6.07, 6.45) is 0.495. The van der Waals surface area contributed by atoms with Crippen LogP contribution in [0, 0.1) is 20.8 Å². The predicted molar refractivity (Wildman–Crippen MR) is 123 cm³/mol. The van der Waals surface area contributed by atoms with E-state index >= 15 is 0 Å². The molecule has 164 valence electrons. The maximum absolute atomic E-state index is 12.7. The van der Waals surface area contributed by atoms with Crippen LogP contribution in [0.25, 0.3) is 0 Å². The molecule has 2 aromatic carbocycles. The first-order valence-corrected chi connectivity index (χ1v) is 12.0. The first kappa shape index (κ1) is 21.4. The number of aryl methyl sites for hydroxylation is 3. The maximum atomic E-state index is 12.7. The maximum Gasteiger partial charge on any atom is 0.286 e. The molecule has 1 N–H and O–H groups in total. The van der Waals surface area contributed by atoms with Crippen molar-refractivity contribution in [2.45, 2.75) is 38.5 Å². The molecule has 31 heavy (non-hydrogen) atoms. The predicted octanol–water partition coefficient (Wildman–Crippen LogP) is 3.25. The van der Waals surface area contributed by atoms with E-state index in [-0.39, 0.29) is 23.6 Å². The number of anilines is 2. The van der Waals surface area contributed by atoms with Gasteiger partial charge in [-0.1, -0.05) is 23.8 Å². The van der Waals surface area contributed by atoms with Crippen molar-refractivity contribution in [3.05, 3.63) is 53.1 Å². The lowest BCUT2D eigenvalue weighted by Gasteiger charge is -2.37. The Morgan fingerprint density at radius 2 is 1.68 bits per heavy atom. The van der Waals surface area contributed by atoms with Crippen LogP contribution in [0.1, 0.15) is 29.5 Å². The van der Waals surface area contributed by atoms with E-state index in [1.165, 1.54) is 16.8 Å². The number of nitrogens with one attached hydrogen (secondary N) is 1. The van der Waals surface area contributed by atoms with Gasteiger partial charge in [0.1, 0.15) is 10.7 Å². The number of carbonyl (C=O) groups excluding carboxylic acids is 1. The lowest BCUT2D eigenvalue weighted by atomic mass is 10.1. The lowest BCUT2D eigenvalue weighted by molar-refractivity contribution is -0.131. The third-order valence-corrected chi connectivity index (χ3v) is 7.20. The number of rotatable bonds is 4. The van der Waals surface area contributed by atoms with Crippen LogP contribution in [0.5, 0.6) is 0 Å². The van der Waals surface area contributed by atoms with Crippen molar-refractivity contribution in [3.8, 4) is 0 Å². The van der Waals surface area contributed by atoms with Crippen molar-refractivity contribution < 1.29 is 13.2 Å². The standard InChI is InChI=1S/C23H28N4O3S/c1-16-4-6-20(18(3)14-16)26-10-12-27(13-11-26)23(28)9-8-22-24-19-15-17(2)5-7-21(19)31(29,30)25-22/h4-7,14-15H,8-13H2,1-3H3,(H,24,25). The summed E-state index contributed by atoms with van der Waals surface area (Å²) < 4.78 is 28.7. The van der Waals surface area contributed by atoms with E-state index in [0.29, 0.717) is 24.6 Å². The Bertz CT molecular complexity index is 1150. The number of piperazine rings is 1. The van der Waals surface area contributed by atoms with Gasteiger partial charge in [-0.2, -0.15) is 8.42 Å². The molecule has 0 aromatic heterocycles. The highest BCUT2D eigenvalue weighted by molar-refractivity contribution is 7.90. The third kappa shape index (κ3) is 4.58. The van der Waals surface area contributed by atoms with Crippen LogP contribution in [0.2, 0.25) is 0 Å². The summed E-state index contributed by atoms with van der Waals surface area (Å²) in [7, 11) is -3.73. The zero-order valence-electron chi connectivity index (χ0n) is 18.2. The highest BCUT2D eigenvalue weighted by Gasteiger charge is 2.26. The van der Waals surface area contributed by atoms with Crippen molar-refractivity contribution in [2.24, 2.45) is 4.40 Å². The normalized spacial score (nSPS) is 17.6. The van der Waals surface area contributed by atoms with Gasteiger partial charge in [-0.25, -0.2) is 0 Å². The Morgan fingerprint density at radius 1 is 1.00 bits per heavy atom. The highest BCUT2D eigenvalue weighted by atomic mass is 32.2. The SMILES string of the molecule is Cc1ccc(N2CCN(C(=O)CCC3=NS(=O)(=O)c4ccc(C)cc4N3)CC2)c(C)c1. The molecular weight excluding hydrogens is 412 g/mol. The van der Waals surface area contributed by atoms with Crippen molar-refractivity contribution in [1.82, 2.24) is 4.90 Å². The van der Waals surface area contributed by atoms with Gasteiger partial charge >= 0.3 is 0 Å². The summed E-state index contributed by atoms with van der Waals surface area (Å²) >= 11 is 0. The van der Waals surface area contributed by atoms with E-state index in [2.05, 4.69) is 46.7 Å². The first-order chi connectivity index (χ1) is 14.7. The van der Waals surface area contributed by atoms with Crippen molar-refractivity contribution in [2.75, 3.05) is 36.4 Å². The molecule has 0 radical (unpaired) electrons. The van der Waals surface area contributed by atoms with Gasteiger partial charge < -0.3 is 15.1 Å². The molecule has 2 aliphatic heterocycles. The molecule has 0 aliphatic carbocycles. The molecule has 0 bridgehead atoms. The molecule has 0 atom stereocenters. The summed E-state index contributed by atoms with van der Waals surface area (Å²) in [5, 5.41) is 3.08. The van der Waals surface area contributed by atoms with E-state index in [0.717, 1.165) is 18.7 Å². The molecule has 2 aliphatic rings. The van der Waals surface area contributed by atoms with Gasteiger partial charge in [0.05, 0.1) is 5.69 Å². The fraction of sp³-hybridized carbons (Fsp3) is 0.391. The Morgan fingerprint density at radius 3 is 2.39 bits per heavy atom. The van der Waals surface area contributed by atoms with Gasteiger partial charge in [0.25, 0.3) is 10.0 Å². The number of nitrogens with zero attached hydrogens (tertiary/aromatic N) is 3. The lowest BCUT2D eigenvalue weighted by Crippen LogP contribution is -2.49. The van der Waals surface area contributed by atoms with Crippen molar-refractivity contribution >= 4 is 33.1 Å². The number of hydrogen-bond acceptors (Lipinski definition) is 5. The Kier molecular flexibility index (Phi) is 5.75. The monoisotopic (exact) mass is 440 g/mol. The molecule has 0 saturated carbocycles. The first-order valence-electron chi connectivity index (χ1n) is 10.5. The largest absolute Gasteiger partial charge is 0.368 e. The Hall–Kier alpha value is -2.87. The average Bonchev–Trinajstić information content (AvgIpc) is 2.71. The molecule has 2 heterocycles. The average molecular weight is 441 g/mol. The number of amidine groups is 1. The Labute approximate surface area is 183 Å². The van der Waals surface area contributed by atoms with E-state index in [9.17, 15) is 13.2 Å². The van der Waals surface area contributed by atoms with E-state index in [1.807, 2.05) is 11.8 Å². The second kappa shape index (κ2) is 8.34. The minimum atomic E-state index is -3.73. The zero-order valence-corrected chi connectivity index (χ0v) is 19.0. The Balaban J connectivity index is 1.34. The fourth-order valence-electron chi connectivity index (χ4n) is 4.19. The molecule has 4 rings (SSSR count). The van der Waals surface area contributed by atoms with Crippen molar-refractivity contribution in [3.63, 3.8) is 0 Å². The molecule has 1 saturated heterocycles. The van der Waals surface area contributed by atoms with E-state index in [4.69, 9.17) is 0 Å². The smallest absolute Gasteiger partial charge is 0.286 e. The molecule has 1 amide bonds. The van der Waals surface area contributed by atoms with Gasteiger partial charge in [0.2, 0.25) is 5.91 Å². The van der Waals surface area contributed by atoms with Crippen molar-refractivity contribution in [1.29, 1.82) is 0 Å². The summed E-state index contributed by atoms with van der Waals surface area (Å²) in [6, 6.07) is 11.5. The van der Waals surface area contributed by atoms with E-state index in [1.54, 1.807) is 18.2 Å². The molecule has 1 fully saturated rings. The number of carbonyl (C=O) groups is 1. The number of amides is 1. The van der Waals surface area contributed by atoms with Gasteiger partial charge in [0, 0.05) is 44.7 Å². The zero-order chi connectivity index (χ0) is 22.2. The second-order valence-electron chi connectivity index (χ2n) is 8.30. The molecule has 0 spiro atoms. The molecule has 8 heteroatoms. The van der Waals surface area contributed by atoms with Gasteiger partial charge in [-0.05, 0) is 50.1 Å². The van der Waals surface area contributed by atoms with Crippen LogP contribution >= 0.6 is 0 Å². The van der Waals surface area contributed by atoms with Gasteiger partial charge in [-0.15, -0.1) is 4.40 Å². The molecule has 2 aromatic rings. The van der Waals surface area contributed by atoms with E-state index < -0.39 is 10.0 Å². The topological polar surface area (TPSA) is 82.1 Å². The third-order valence-electron chi connectivity index (χ3n) is 5.82. The van der Waals surface area contributed by atoms with Gasteiger partial charge in [-0.3, -0.25) is 4.79 Å². The quantitative estimate of drug-likeness (QED) is 0.789. The minimum Gasteiger partial charge on any atom is -0.368 e. The van der Waals surface area contributed by atoms with Crippen LogP contribution < -0.4 is 10.2 Å². The fourth-order valence-corrected chi connectivity index (χ4v) is 5.34. The van der Waals surface area contributed by atoms with Crippen LogP contribution in [-0.2, 0) is 14.8 Å².